The fourth-order valence-electron chi connectivity index (χ4n) is 2.73. The van der Waals surface area contributed by atoms with E-state index in [1.54, 1.807) is 55.4 Å². The van der Waals surface area contributed by atoms with Crippen LogP contribution >= 0.6 is 0 Å². The molecule has 0 aromatic heterocycles. The first kappa shape index (κ1) is 22.0. The molecule has 2 aromatic carbocycles. The lowest BCUT2D eigenvalue weighted by Crippen LogP contribution is -2.33. The molecule has 0 fully saturated rings. The number of aryl methyl sites for hydroxylation is 2. The zero-order valence-corrected chi connectivity index (χ0v) is 17.2. The first-order chi connectivity index (χ1) is 13.2. The number of nitrogens with zero attached hydrogens (tertiary/aromatic N) is 2. The smallest absolute Gasteiger partial charge is 0.283 e. The van der Waals surface area contributed by atoms with Crippen LogP contribution in [0.3, 0.4) is 0 Å². The molecule has 152 valence electrons. The van der Waals surface area contributed by atoms with Crippen LogP contribution in [0.5, 0.6) is 0 Å². The minimum absolute atomic E-state index is 0.0751. The molecule has 0 spiro atoms. The molecule has 0 radical (unpaired) electrons. The maximum Gasteiger partial charge on any atom is 0.298 e. The summed E-state index contributed by atoms with van der Waals surface area (Å²) in [5.74, 6) is 0. The van der Waals surface area contributed by atoms with Crippen LogP contribution in [0, 0.1) is 17.0 Å². The SMILES string of the molecule is Cc1ccc(S(=O)(=O)OC(CCCCc2ccc([N+](=O)[O-])cc2)N(C)C)cc1. The Labute approximate surface area is 166 Å². The third kappa shape index (κ3) is 6.40. The van der Waals surface area contributed by atoms with Crippen molar-refractivity contribution in [3.8, 4) is 0 Å². The molecule has 28 heavy (non-hydrogen) atoms. The molecule has 0 amide bonds. The maximum absolute atomic E-state index is 12.5. The van der Waals surface area contributed by atoms with E-state index in [0.29, 0.717) is 6.42 Å². The molecular formula is C20H26N2O5S. The van der Waals surface area contributed by atoms with Crippen LogP contribution in [0.4, 0.5) is 5.69 Å². The minimum atomic E-state index is -3.83. The van der Waals surface area contributed by atoms with Gasteiger partial charge in [-0.15, -0.1) is 0 Å². The van der Waals surface area contributed by atoms with E-state index in [1.807, 2.05) is 6.92 Å². The zero-order valence-electron chi connectivity index (χ0n) is 16.4. The van der Waals surface area contributed by atoms with Crippen molar-refractivity contribution in [2.75, 3.05) is 14.1 Å². The van der Waals surface area contributed by atoms with Crippen LogP contribution < -0.4 is 0 Å². The maximum atomic E-state index is 12.5. The van der Waals surface area contributed by atoms with E-state index in [9.17, 15) is 18.5 Å². The van der Waals surface area contributed by atoms with Gasteiger partial charge in [0.15, 0.2) is 0 Å². The highest BCUT2D eigenvalue weighted by Gasteiger charge is 2.23. The number of benzene rings is 2. The predicted molar refractivity (Wildman–Crippen MR) is 108 cm³/mol. The Bertz CT molecular complexity index is 878. The van der Waals surface area contributed by atoms with Crippen LogP contribution in [0.15, 0.2) is 53.4 Å². The van der Waals surface area contributed by atoms with E-state index in [0.717, 1.165) is 30.4 Å². The van der Waals surface area contributed by atoms with Crippen molar-refractivity contribution in [2.24, 2.45) is 0 Å². The molecule has 0 aliphatic carbocycles. The van der Waals surface area contributed by atoms with Gasteiger partial charge >= 0.3 is 0 Å². The second kappa shape index (κ2) is 9.77. The van der Waals surface area contributed by atoms with Crippen molar-refractivity contribution >= 4 is 15.8 Å². The summed E-state index contributed by atoms with van der Waals surface area (Å²) >= 11 is 0. The van der Waals surface area contributed by atoms with E-state index >= 15 is 0 Å². The number of non-ortho nitro benzene ring substituents is 1. The lowest BCUT2D eigenvalue weighted by atomic mass is 10.1. The van der Waals surface area contributed by atoms with Gasteiger partial charge in [-0.1, -0.05) is 29.8 Å². The molecule has 8 heteroatoms. The van der Waals surface area contributed by atoms with E-state index in [1.165, 1.54) is 12.1 Å². The fourth-order valence-corrected chi connectivity index (χ4v) is 3.87. The normalized spacial score (nSPS) is 12.9. The third-order valence-corrected chi connectivity index (χ3v) is 5.76. The Morgan fingerprint density at radius 2 is 1.64 bits per heavy atom. The van der Waals surface area contributed by atoms with Crippen LogP contribution in [0.1, 0.15) is 30.4 Å². The molecule has 1 unspecified atom stereocenters. The number of hydrogen-bond acceptors (Lipinski definition) is 6. The van der Waals surface area contributed by atoms with Crippen molar-refractivity contribution in [1.29, 1.82) is 0 Å². The van der Waals surface area contributed by atoms with Gasteiger partial charge in [0.25, 0.3) is 15.8 Å². The van der Waals surface area contributed by atoms with E-state index < -0.39 is 21.3 Å². The van der Waals surface area contributed by atoms with Crippen molar-refractivity contribution in [3.05, 3.63) is 69.8 Å². The Morgan fingerprint density at radius 1 is 1.04 bits per heavy atom. The lowest BCUT2D eigenvalue weighted by molar-refractivity contribution is -0.384. The fraction of sp³-hybridized carbons (Fsp3) is 0.400. The van der Waals surface area contributed by atoms with E-state index in [2.05, 4.69) is 0 Å². The minimum Gasteiger partial charge on any atom is -0.283 e. The molecule has 1 atom stereocenters. The molecule has 0 N–H and O–H groups in total. The number of rotatable bonds is 10. The van der Waals surface area contributed by atoms with Gasteiger partial charge in [0, 0.05) is 12.1 Å². The van der Waals surface area contributed by atoms with Crippen molar-refractivity contribution in [2.45, 2.75) is 43.7 Å². The molecule has 0 bridgehead atoms. The topological polar surface area (TPSA) is 89.8 Å². The number of nitro benzene ring substituents is 1. The molecule has 2 aromatic rings. The summed E-state index contributed by atoms with van der Waals surface area (Å²) in [5.41, 5.74) is 2.07. The Morgan fingerprint density at radius 3 is 2.18 bits per heavy atom. The van der Waals surface area contributed by atoms with E-state index in [4.69, 9.17) is 4.18 Å². The molecule has 0 aliphatic rings. The van der Waals surface area contributed by atoms with Gasteiger partial charge in [0.05, 0.1) is 9.82 Å². The molecule has 0 heterocycles. The first-order valence-electron chi connectivity index (χ1n) is 9.09. The summed E-state index contributed by atoms with van der Waals surface area (Å²) < 4.78 is 30.4. The summed E-state index contributed by atoms with van der Waals surface area (Å²) in [4.78, 5) is 12.2. The van der Waals surface area contributed by atoms with Gasteiger partial charge in [-0.2, -0.15) is 8.42 Å². The standard InChI is InChI=1S/C20H26N2O5S/c1-16-8-14-19(15-9-16)28(25,26)27-20(21(2)3)7-5-4-6-17-10-12-18(13-11-17)22(23)24/h8-15,20H,4-7H2,1-3H3. The molecule has 0 saturated carbocycles. The van der Waals surface area contributed by atoms with Gasteiger partial charge in [0.2, 0.25) is 0 Å². The van der Waals surface area contributed by atoms with Gasteiger partial charge in [0.1, 0.15) is 6.23 Å². The number of hydrogen-bond donors (Lipinski definition) is 0. The Hall–Kier alpha value is -2.29. The molecular weight excluding hydrogens is 380 g/mol. The van der Waals surface area contributed by atoms with Gasteiger partial charge in [-0.25, -0.2) is 4.18 Å². The average molecular weight is 407 g/mol. The highest BCUT2D eigenvalue weighted by atomic mass is 32.2. The second-order valence-electron chi connectivity index (χ2n) is 6.95. The highest BCUT2D eigenvalue weighted by Crippen LogP contribution is 2.20. The van der Waals surface area contributed by atoms with Crippen LogP contribution in [0.25, 0.3) is 0 Å². The van der Waals surface area contributed by atoms with Gasteiger partial charge in [-0.05, 0) is 64.4 Å². The van der Waals surface area contributed by atoms with Crippen molar-refractivity contribution in [3.63, 3.8) is 0 Å². The largest absolute Gasteiger partial charge is 0.298 e. The quantitative estimate of drug-likeness (QED) is 0.195. The van der Waals surface area contributed by atoms with Gasteiger partial charge < -0.3 is 0 Å². The highest BCUT2D eigenvalue weighted by molar-refractivity contribution is 7.86. The molecule has 0 aliphatic heterocycles. The second-order valence-corrected chi connectivity index (χ2v) is 8.52. The van der Waals surface area contributed by atoms with Crippen molar-refractivity contribution < 1.29 is 17.5 Å². The first-order valence-corrected chi connectivity index (χ1v) is 10.5. The monoisotopic (exact) mass is 406 g/mol. The van der Waals surface area contributed by atoms with Crippen molar-refractivity contribution in [1.82, 2.24) is 4.90 Å². The third-order valence-electron chi connectivity index (χ3n) is 4.44. The Kier molecular flexibility index (Phi) is 7.68. The molecule has 7 nitrogen and oxygen atoms in total. The number of nitro groups is 1. The van der Waals surface area contributed by atoms with Crippen LogP contribution in [-0.4, -0.2) is 38.6 Å². The average Bonchev–Trinajstić information content (AvgIpc) is 2.64. The summed E-state index contributed by atoms with van der Waals surface area (Å²) in [6.45, 7) is 1.89. The summed E-state index contributed by atoms with van der Waals surface area (Å²) in [6.07, 6.45) is 2.37. The van der Waals surface area contributed by atoms with Crippen LogP contribution in [-0.2, 0) is 20.7 Å². The molecule has 0 saturated heterocycles. The van der Waals surface area contributed by atoms with Gasteiger partial charge in [-0.3, -0.25) is 15.0 Å². The predicted octanol–water partition coefficient (Wildman–Crippen LogP) is 3.91. The lowest BCUT2D eigenvalue weighted by Gasteiger charge is -2.24. The summed E-state index contributed by atoms with van der Waals surface area (Å²) in [5, 5.41) is 10.7. The summed E-state index contributed by atoms with van der Waals surface area (Å²) in [7, 11) is -0.262. The van der Waals surface area contributed by atoms with Crippen LogP contribution in [0.2, 0.25) is 0 Å². The summed E-state index contributed by atoms with van der Waals surface area (Å²) in [6, 6.07) is 13.1. The molecule has 2 rings (SSSR count). The van der Waals surface area contributed by atoms with E-state index in [-0.39, 0.29) is 10.6 Å². The Balaban J connectivity index is 1.88. The zero-order chi connectivity index (χ0) is 20.7. The number of unbranched alkanes of at least 4 members (excludes halogenated alkanes) is 1.